The van der Waals surface area contributed by atoms with Crippen molar-refractivity contribution in [3.8, 4) is 0 Å². The first-order chi connectivity index (χ1) is 5.37. The molecule has 0 saturated carbocycles. The van der Waals surface area contributed by atoms with E-state index in [9.17, 15) is 9.59 Å². The molecule has 0 bridgehead atoms. The predicted octanol–water partition coefficient (Wildman–Crippen LogP) is 0.276. The van der Waals surface area contributed by atoms with Crippen LogP contribution in [0, 0.1) is 0 Å². The van der Waals surface area contributed by atoms with E-state index < -0.39 is 17.5 Å². The summed E-state index contributed by atoms with van der Waals surface area (Å²) in [6.07, 6.45) is 0. The molecule has 6 heteroatoms. The van der Waals surface area contributed by atoms with Crippen molar-refractivity contribution in [3.63, 3.8) is 0 Å². The van der Waals surface area contributed by atoms with Crippen LogP contribution >= 0.6 is 0 Å². The minimum absolute atomic E-state index is 0.717. The molecule has 0 amide bonds. The zero-order valence-electron chi connectivity index (χ0n) is 6.99. The lowest BCUT2D eigenvalue weighted by atomic mass is 10.2. The van der Waals surface area contributed by atoms with Gasteiger partial charge in [-0.15, -0.1) is 0 Å². The van der Waals surface area contributed by atoms with Crippen LogP contribution < -0.4 is 0 Å². The maximum atomic E-state index is 10.4. The van der Waals surface area contributed by atoms with Gasteiger partial charge >= 0.3 is 11.9 Å². The zero-order valence-corrected chi connectivity index (χ0v) is 6.99. The summed E-state index contributed by atoms with van der Waals surface area (Å²) in [5.41, 5.74) is -0.717. The maximum Gasteiger partial charge on any atom is 0.453 e. The van der Waals surface area contributed by atoms with Gasteiger partial charge in [-0.1, -0.05) is 0 Å². The third-order valence-electron chi connectivity index (χ3n) is 0.617. The monoisotopic (exact) mass is 178 g/mol. The van der Waals surface area contributed by atoms with Gasteiger partial charge in [-0.05, 0) is 20.8 Å². The van der Waals surface area contributed by atoms with Gasteiger partial charge < -0.3 is 0 Å². The highest BCUT2D eigenvalue weighted by Gasteiger charge is 2.22. The van der Waals surface area contributed by atoms with Gasteiger partial charge in [-0.25, -0.2) is 9.59 Å². The molecular formula is C6H10O6. The molecule has 12 heavy (non-hydrogen) atoms. The Labute approximate surface area is 68.9 Å². The van der Waals surface area contributed by atoms with E-state index in [1.807, 2.05) is 0 Å². The Hall–Kier alpha value is -1.14. The van der Waals surface area contributed by atoms with Crippen molar-refractivity contribution in [2.24, 2.45) is 0 Å². The standard InChI is InChI=1S/C6H10O6/c1-6(2,3)12-11-5(8)4(7)10-9/h9H,1-3H3. The molecule has 0 aromatic rings. The molecule has 0 aromatic carbocycles. The van der Waals surface area contributed by atoms with Gasteiger partial charge in [0.1, 0.15) is 5.60 Å². The van der Waals surface area contributed by atoms with Crippen LogP contribution in [-0.2, 0) is 24.3 Å². The first kappa shape index (κ1) is 10.9. The zero-order chi connectivity index (χ0) is 9.78. The summed E-state index contributed by atoms with van der Waals surface area (Å²) in [5, 5.41) is 7.73. The van der Waals surface area contributed by atoms with Crippen molar-refractivity contribution < 1.29 is 29.5 Å². The number of carbonyl (C=O) groups excluding carboxylic acids is 2. The normalized spacial score (nSPS) is 10.7. The fraction of sp³-hybridized carbons (Fsp3) is 0.667. The second-order valence-electron chi connectivity index (χ2n) is 2.95. The molecule has 1 N–H and O–H groups in total. The molecule has 0 aliphatic rings. The summed E-state index contributed by atoms with van der Waals surface area (Å²) < 4.78 is 0. The number of carbonyl (C=O) groups is 2. The molecule has 0 heterocycles. The van der Waals surface area contributed by atoms with Crippen LogP contribution in [0.25, 0.3) is 0 Å². The SMILES string of the molecule is CC(C)(C)OOC(=O)C(=O)OO. The molecule has 70 valence electrons. The molecule has 0 saturated heterocycles. The molecule has 6 nitrogen and oxygen atoms in total. The van der Waals surface area contributed by atoms with Crippen LogP contribution in [-0.4, -0.2) is 22.8 Å². The summed E-state index contributed by atoms with van der Waals surface area (Å²) in [6.45, 7) is 4.85. The average Bonchev–Trinajstić information content (AvgIpc) is 1.97. The van der Waals surface area contributed by atoms with E-state index in [1.165, 1.54) is 0 Å². The van der Waals surface area contributed by atoms with Gasteiger partial charge in [0, 0.05) is 0 Å². The van der Waals surface area contributed by atoms with Gasteiger partial charge in [0.2, 0.25) is 0 Å². The lowest BCUT2D eigenvalue weighted by Gasteiger charge is -2.15. The van der Waals surface area contributed by atoms with Gasteiger partial charge in [0.05, 0.1) is 0 Å². The van der Waals surface area contributed by atoms with E-state index in [1.54, 1.807) is 20.8 Å². The van der Waals surface area contributed by atoms with Crippen molar-refractivity contribution in [1.29, 1.82) is 0 Å². The lowest BCUT2D eigenvalue weighted by Crippen LogP contribution is -2.26. The smallest absolute Gasteiger partial charge is 0.288 e. The van der Waals surface area contributed by atoms with Crippen LogP contribution in [0.2, 0.25) is 0 Å². The van der Waals surface area contributed by atoms with Crippen molar-refractivity contribution >= 4 is 11.9 Å². The molecule has 0 atom stereocenters. The van der Waals surface area contributed by atoms with Crippen molar-refractivity contribution in [2.45, 2.75) is 26.4 Å². The summed E-state index contributed by atoms with van der Waals surface area (Å²) in [5.74, 6) is -2.94. The van der Waals surface area contributed by atoms with Gasteiger partial charge in [0.25, 0.3) is 0 Å². The molecular weight excluding hydrogens is 168 g/mol. The van der Waals surface area contributed by atoms with Crippen LogP contribution in [0.4, 0.5) is 0 Å². The molecule has 0 aromatic heterocycles. The van der Waals surface area contributed by atoms with Crippen molar-refractivity contribution in [1.82, 2.24) is 0 Å². The Balaban J connectivity index is 3.80. The molecule has 0 aliphatic heterocycles. The van der Waals surface area contributed by atoms with E-state index in [0.717, 1.165) is 0 Å². The van der Waals surface area contributed by atoms with Gasteiger partial charge in [-0.2, -0.15) is 10.1 Å². The van der Waals surface area contributed by atoms with Crippen molar-refractivity contribution in [3.05, 3.63) is 0 Å². The third-order valence-corrected chi connectivity index (χ3v) is 0.617. The molecule has 0 radical (unpaired) electrons. The second-order valence-corrected chi connectivity index (χ2v) is 2.95. The summed E-state index contributed by atoms with van der Waals surface area (Å²) in [6, 6.07) is 0. The number of hydrogen-bond acceptors (Lipinski definition) is 6. The van der Waals surface area contributed by atoms with Crippen LogP contribution in [0.1, 0.15) is 20.8 Å². The predicted molar refractivity (Wildman–Crippen MR) is 35.7 cm³/mol. The van der Waals surface area contributed by atoms with Crippen LogP contribution in [0.3, 0.4) is 0 Å². The highest BCUT2D eigenvalue weighted by atomic mass is 17.2. The fourth-order valence-corrected chi connectivity index (χ4v) is 0.234. The largest absolute Gasteiger partial charge is 0.453 e. The summed E-state index contributed by atoms with van der Waals surface area (Å²) in [4.78, 5) is 32.2. The highest BCUT2D eigenvalue weighted by molar-refractivity contribution is 6.29. The topological polar surface area (TPSA) is 82.1 Å². The van der Waals surface area contributed by atoms with E-state index in [2.05, 4.69) is 14.7 Å². The summed E-state index contributed by atoms with van der Waals surface area (Å²) in [7, 11) is 0. The van der Waals surface area contributed by atoms with E-state index in [4.69, 9.17) is 5.26 Å². The molecule has 0 spiro atoms. The fourth-order valence-electron chi connectivity index (χ4n) is 0.234. The minimum Gasteiger partial charge on any atom is -0.288 e. The Bertz CT molecular complexity index is 179. The van der Waals surface area contributed by atoms with Crippen molar-refractivity contribution in [2.75, 3.05) is 0 Å². The molecule has 0 fully saturated rings. The summed E-state index contributed by atoms with van der Waals surface area (Å²) >= 11 is 0. The number of hydrogen-bond donors (Lipinski definition) is 1. The lowest BCUT2D eigenvalue weighted by molar-refractivity contribution is -0.323. The number of rotatable bonds is 1. The highest BCUT2D eigenvalue weighted by Crippen LogP contribution is 2.06. The van der Waals surface area contributed by atoms with E-state index in [-0.39, 0.29) is 0 Å². The third kappa shape index (κ3) is 4.64. The minimum atomic E-state index is -1.53. The second kappa shape index (κ2) is 4.03. The van der Waals surface area contributed by atoms with Crippen LogP contribution in [0.5, 0.6) is 0 Å². The van der Waals surface area contributed by atoms with Crippen LogP contribution in [0.15, 0.2) is 0 Å². The Morgan fingerprint density at radius 3 is 2.00 bits per heavy atom. The quantitative estimate of drug-likeness (QED) is 0.352. The average molecular weight is 178 g/mol. The van der Waals surface area contributed by atoms with E-state index in [0.29, 0.717) is 0 Å². The van der Waals surface area contributed by atoms with Gasteiger partial charge in [0.15, 0.2) is 0 Å². The Morgan fingerprint density at radius 2 is 1.67 bits per heavy atom. The molecule has 0 unspecified atom stereocenters. The first-order valence-electron chi connectivity index (χ1n) is 3.12. The van der Waals surface area contributed by atoms with E-state index >= 15 is 0 Å². The first-order valence-corrected chi connectivity index (χ1v) is 3.12. The molecule has 0 aliphatic carbocycles. The maximum absolute atomic E-state index is 10.4. The van der Waals surface area contributed by atoms with Gasteiger partial charge in [-0.3, -0.25) is 9.78 Å². The Morgan fingerprint density at radius 1 is 1.17 bits per heavy atom. The Kier molecular flexibility index (Phi) is 3.65. The molecule has 0 rings (SSSR count).